The van der Waals surface area contributed by atoms with Crippen LogP contribution in [0.1, 0.15) is 0 Å². The van der Waals surface area contributed by atoms with Crippen molar-refractivity contribution in [2.45, 2.75) is 0 Å². The van der Waals surface area contributed by atoms with Gasteiger partial charge in [-0.2, -0.15) is 4.99 Å². The van der Waals surface area contributed by atoms with Gasteiger partial charge in [-0.25, -0.2) is 0 Å². The number of benzene rings is 1. The number of thiocarbonyl (C=S) groups is 1. The Hall–Kier alpha value is -0.770. The van der Waals surface area contributed by atoms with Crippen LogP contribution in [0.15, 0.2) is 35.3 Å². The fraction of sp³-hybridized carbons (Fsp3) is 0.300. The second-order valence-corrected chi connectivity index (χ2v) is 2.90. The number of nitrogens with one attached hydrogen (secondary N) is 2. The van der Waals surface area contributed by atoms with E-state index in [1.54, 1.807) is 0 Å². The number of nitrogens with zero attached hydrogens (tertiary/aromatic N) is 1. The minimum atomic E-state index is 0. The van der Waals surface area contributed by atoms with Gasteiger partial charge in [-0.05, 0) is 24.4 Å². The fourth-order valence-corrected chi connectivity index (χ4v) is 1.10. The quantitative estimate of drug-likeness (QED) is 0.585. The number of halogens is 1. The van der Waals surface area contributed by atoms with E-state index in [-0.39, 0.29) is 12.4 Å². The van der Waals surface area contributed by atoms with E-state index in [9.17, 15) is 0 Å². The summed E-state index contributed by atoms with van der Waals surface area (Å²) in [6, 6.07) is 9.50. The molecule has 1 heterocycles. The molecule has 0 unspecified atom stereocenters. The monoisotopic (exact) mass is 243 g/mol. The van der Waals surface area contributed by atoms with Gasteiger partial charge in [-0.1, -0.05) is 18.2 Å². The molecule has 5 heteroatoms. The molecule has 0 bridgehead atoms. The predicted molar refractivity (Wildman–Crippen MR) is 69.2 cm³/mol. The SMILES string of the molecule is C1CNCN1.Cl.S=C=Nc1ccccc1. The standard InChI is InChI=1S/C7H5NS.C3H8N2.ClH/c9-6-8-7-4-2-1-3-5-7;1-2-5-3-4-1;/h1-5H;4-5H,1-3H2;1H. The maximum atomic E-state index is 4.42. The summed E-state index contributed by atoms with van der Waals surface area (Å²) in [7, 11) is 0. The first-order valence-corrected chi connectivity index (χ1v) is 4.88. The summed E-state index contributed by atoms with van der Waals surface area (Å²) >= 11 is 4.42. The van der Waals surface area contributed by atoms with E-state index in [1.807, 2.05) is 30.3 Å². The van der Waals surface area contributed by atoms with E-state index in [2.05, 4.69) is 33.0 Å². The van der Waals surface area contributed by atoms with Gasteiger partial charge in [0.1, 0.15) is 0 Å². The summed E-state index contributed by atoms with van der Waals surface area (Å²) in [6.45, 7) is 3.28. The Labute approximate surface area is 101 Å². The molecule has 2 N–H and O–H groups in total. The van der Waals surface area contributed by atoms with Crippen molar-refractivity contribution >= 4 is 35.5 Å². The second kappa shape index (κ2) is 9.77. The minimum absolute atomic E-state index is 0. The largest absolute Gasteiger partial charge is 0.303 e. The Morgan fingerprint density at radius 2 is 1.73 bits per heavy atom. The minimum Gasteiger partial charge on any atom is -0.303 e. The lowest BCUT2D eigenvalue weighted by molar-refractivity contribution is 0.807. The molecule has 1 aromatic carbocycles. The van der Waals surface area contributed by atoms with Crippen molar-refractivity contribution in [3.63, 3.8) is 0 Å². The molecule has 0 atom stereocenters. The first-order chi connectivity index (χ1) is 6.93. The summed E-state index contributed by atoms with van der Waals surface area (Å²) in [5.41, 5.74) is 0.854. The second-order valence-electron chi connectivity index (χ2n) is 2.72. The molecule has 1 aliphatic heterocycles. The lowest BCUT2D eigenvalue weighted by atomic mass is 10.3. The molecule has 0 aromatic heterocycles. The van der Waals surface area contributed by atoms with Crippen LogP contribution in [0.2, 0.25) is 0 Å². The first kappa shape index (κ1) is 14.2. The van der Waals surface area contributed by atoms with Gasteiger partial charge in [-0.3, -0.25) is 0 Å². The molecule has 2 rings (SSSR count). The highest BCUT2D eigenvalue weighted by atomic mass is 35.5. The molecule has 1 aromatic rings. The summed E-state index contributed by atoms with van der Waals surface area (Å²) < 4.78 is 0. The molecule has 0 spiro atoms. The zero-order valence-corrected chi connectivity index (χ0v) is 9.90. The van der Waals surface area contributed by atoms with E-state index >= 15 is 0 Å². The van der Waals surface area contributed by atoms with Crippen LogP contribution in [0.3, 0.4) is 0 Å². The van der Waals surface area contributed by atoms with Gasteiger partial charge >= 0.3 is 0 Å². The van der Waals surface area contributed by atoms with Crippen LogP contribution in [0.5, 0.6) is 0 Å². The van der Waals surface area contributed by atoms with Crippen LogP contribution in [-0.4, -0.2) is 24.9 Å². The molecule has 0 amide bonds. The van der Waals surface area contributed by atoms with Crippen LogP contribution in [0, 0.1) is 0 Å². The molecular weight excluding hydrogens is 230 g/mol. The molecule has 82 valence electrons. The van der Waals surface area contributed by atoms with Crippen molar-refractivity contribution in [1.29, 1.82) is 0 Å². The summed E-state index contributed by atoms with van der Waals surface area (Å²) in [5, 5.41) is 8.51. The number of aliphatic imine (C=N–C) groups is 1. The van der Waals surface area contributed by atoms with E-state index in [1.165, 1.54) is 0 Å². The molecule has 0 saturated carbocycles. The predicted octanol–water partition coefficient (Wildman–Crippen LogP) is 1.98. The fourth-order valence-electron chi connectivity index (χ4n) is 0.997. The molecular formula is C10H14ClN3S. The summed E-state index contributed by atoms with van der Waals surface area (Å²) in [5.74, 6) is 0. The smallest absolute Gasteiger partial charge is 0.0739 e. The van der Waals surface area contributed by atoms with Crippen molar-refractivity contribution in [1.82, 2.24) is 10.6 Å². The van der Waals surface area contributed by atoms with E-state index in [0.29, 0.717) is 0 Å². The van der Waals surface area contributed by atoms with Crippen LogP contribution in [0.4, 0.5) is 5.69 Å². The van der Waals surface area contributed by atoms with E-state index in [4.69, 9.17) is 0 Å². The molecule has 1 aliphatic rings. The van der Waals surface area contributed by atoms with Gasteiger partial charge in [-0.15, -0.1) is 12.4 Å². The topological polar surface area (TPSA) is 36.4 Å². The average molecular weight is 244 g/mol. The summed E-state index contributed by atoms with van der Waals surface area (Å²) in [4.78, 5) is 3.77. The van der Waals surface area contributed by atoms with Gasteiger partial charge in [0, 0.05) is 19.8 Å². The third-order valence-electron chi connectivity index (χ3n) is 1.66. The van der Waals surface area contributed by atoms with Crippen LogP contribution in [-0.2, 0) is 0 Å². The molecule has 1 fully saturated rings. The number of isothiocyanates is 1. The number of hydrogen-bond acceptors (Lipinski definition) is 4. The molecule has 3 nitrogen and oxygen atoms in total. The van der Waals surface area contributed by atoms with Crippen molar-refractivity contribution in [3.8, 4) is 0 Å². The third-order valence-corrected chi connectivity index (χ3v) is 1.75. The Morgan fingerprint density at radius 1 is 1.13 bits per heavy atom. The normalized spacial score (nSPS) is 12.8. The Balaban J connectivity index is 0.000000280. The number of rotatable bonds is 1. The van der Waals surface area contributed by atoms with Crippen molar-refractivity contribution in [3.05, 3.63) is 30.3 Å². The van der Waals surface area contributed by atoms with E-state index in [0.717, 1.165) is 25.4 Å². The lowest BCUT2D eigenvalue weighted by Gasteiger charge is -1.83. The Morgan fingerprint density at radius 3 is 2.13 bits per heavy atom. The first-order valence-electron chi connectivity index (χ1n) is 4.48. The zero-order chi connectivity index (χ0) is 10.1. The highest BCUT2D eigenvalue weighted by Crippen LogP contribution is 2.07. The highest BCUT2D eigenvalue weighted by molar-refractivity contribution is 7.78. The average Bonchev–Trinajstić information content (AvgIpc) is 2.78. The van der Waals surface area contributed by atoms with Crippen LogP contribution >= 0.6 is 24.6 Å². The van der Waals surface area contributed by atoms with Crippen molar-refractivity contribution in [2.24, 2.45) is 4.99 Å². The molecule has 0 aliphatic carbocycles. The zero-order valence-electron chi connectivity index (χ0n) is 8.27. The highest BCUT2D eigenvalue weighted by Gasteiger charge is 1.90. The number of hydrogen-bond donors (Lipinski definition) is 2. The lowest BCUT2D eigenvalue weighted by Crippen LogP contribution is -2.11. The van der Waals surface area contributed by atoms with Crippen molar-refractivity contribution < 1.29 is 0 Å². The maximum absolute atomic E-state index is 4.42. The molecule has 15 heavy (non-hydrogen) atoms. The molecule has 1 saturated heterocycles. The third kappa shape index (κ3) is 7.19. The van der Waals surface area contributed by atoms with Gasteiger partial charge in [0.2, 0.25) is 0 Å². The Kier molecular flexibility index (Phi) is 9.27. The van der Waals surface area contributed by atoms with Crippen LogP contribution < -0.4 is 10.6 Å². The summed E-state index contributed by atoms with van der Waals surface area (Å²) in [6.07, 6.45) is 0. The molecule has 0 radical (unpaired) electrons. The van der Waals surface area contributed by atoms with Gasteiger partial charge in [0.15, 0.2) is 0 Å². The van der Waals surface area contributed by atoms with Gasteiger partial charge in [0.05, 0.1) is 10.8 Å². The Bertz CT molecular complexity index is 287. The van der Waals surface area contributed by atoms with Gasteiger partial charge < -0.3 is 10.6 Å². The van der Waals surface area contributed by atoms with Crippen molar-refractivity contribution in [2.75, 3.05) is 19.8 Å². The van der Waals surface area contributed by atoms with Crippen LogP contribution in [0.25, 0.3) is 0 Å². The van der Waals surface area contributed by atoms with Gasteiger partial charge in [0.25, 0.3) is 0 Å². The van der Waals surface area contributed by atoms with E-state index < -0.39 is 0 Å². The maximum Gasteiger partial charge on any atom is 0.0739 e. The number of para-hydroxylation sites is 1.